The Kier molecular flexibility index (Phi) is 5.00. The third-order valence-corrected chi connectivity index (χ3v) is 4.38. The molecule has 0 saturated carbocycles. The normalized spacial score (nSPS) is 10.6. The molecule has 0 saturated heterocycles. The first-order valence-electron chi connectivity index (χ1n) is 9.13. The molecule has 4 rings (SSSR count). The zero-order chi connectivity index (χ0) is 21.1. The number of amides is 3. The summed E-state index contributed by atoms with van der Waals surface area (Å²) < 4.78 is 1.49. The van der Waals surface area contributed by atoms with E-state index in [2.05, 4.69) is 26.0 Å². The Morgan fingerprint density at radius 2 is 1.60 bits per heavy atom. The van der Waals surface area contributed by atoms with E-state index < -0.39 is 0 Å². The fourth-order valence-electron chi connectivity index (χ4n) is 3.05. The van der Waals surface area contributed by atoms with E-state index in [1.807, 2.05) is 25.1 Å². The smallest absolute Gasteiger partial charge is 0.323 e. The minimum atomic E-state index is -0.382. The molecule has 0 aliphatic heterocycles. The Morgan fingerprint density at radius 1 is 0.933 bits per heavy atom. The van der Waals surface area contributed by atoms with Gasteiger partial charge in [0.1, 0.15) is 11.8 Å². The fourth-order valence-corrected chi connectivity index (χ4v) is 3.05. The van der Waals surface area contributed by atoms with Crippen LogP contribution in [0.3, 0.4) is 0 Å². The lowest BCUT2D eigenvalue weighted by molar-refractivity contribution is 0.102. The standard InChI is InChI=1S/C21H19N7O2/c1-13-4-2-5-14(10-13)26-21(30)27-16-7-3-6-15(11-16)25-20(29)17-8-9-28-18(17)19(22)23-12-24-28/h2-12H,1H3,(H,25,29)(H2,22,23,24)(H2,26,27,30). The van der Waals surface area contributed by atoms with Crippen LogP contribution in [-0.4, -0.2) is 26.5 Å². The van der Waals surface area contributed by atoms with Crippen LogP contribution < -0.4 is 21.7 Å². The van der Waals surface area contributed by atoms with Crippen LogP contribution in [0, 0.1) is 6.92 Å². The van der Waals surface area contributed by atoms with E-state index >= 15 is 0 Å². The number of nitrogens with two attached hydrogens (primary N) is 1. The number of nitrogen functional groups attached to an aromatic ring is 1. The molecule has 30 heavy (non-hydrogen) atoms. The van der Waals surface area contributed by atoms with Crippen molar-refractivity contribution in [3.63, 3.8) is 0 Å². The molecule has 3 amide bonds. The van der Waals surface area contributed by atoms with Crippen LogP contribution in [0.4, 0.5) is 27.7 Å². The van der Waals surface area contributed by atoms with Gasteiger partial charge in [0.2, 0.25) is 0 Å². The summed E-state index contributed by atoms with van der Waals surface area (Å²) in [5.74, 6) is -0.149. The van der Waals surface area contributed by atoms with Crippen molar-refractivity contribution >= 4 is 40.3 Å². The van der Waals surface area contributed by atoms with Crippen molar-refractivity contribution in [2.45, 2.75) is 6.92 Å². The molecular weight excluding hydrogens is 382 g/mol. The number of hydrogen-bond donors (Lipinski definition) is 4. The average molecular weight is 401 g/mol. The highest BCUT2D eigenvalue weighted by molar-refractivity contribution is 6.10. The first-order chi connectivity index (χ1) is 14.5. The van der Waals surface area contributed by atoms with E-state index in [1.54, 1.807) is 42.6 Å². The van der Waals surface area contributed by atoms with Crippen LogP contribution in [0.2, 0.25) is 0 Å². The molecule has 5 N–H and O–H groups in total. The topological polar surface area (TPSA) is 126 Å². The monoisotopic (exact) mass is 401 g/mol. The molecule has 9 heteroatoms. The SMILES string of the molecule is Cc1cccc(NC(=O)Nc2cccc(NC(=O)c3ccn4ncnc(N)c34)c2)c1. The molecule has 2 aromatic carbocycles. The van der Waals surface area contributed by atoms with Crippen LogP contribution in [0.25, 0.3) is 5.52 Å². The number of carbonyl (C=O) groups excluding carboxylic acids is 2. The molecule has 9 nitrogen and oxygen atoms in total. The van der Waals surface area contributed by atoms with E-state index in [0.717, 1.165) is 5.56 Å². The number of carbonyl (C=O) groups is 2. The quantitative estimate of drug-likeness (QED) is 0.416. The molecular formula is C21H19N7O2. The van der Waals surface area contributed by atoms with Crippen molar-refractivity contribution in [3.8, 4) is 0 Å². The second-order valence-electron chi connectivity index (χ2n) is 6.65. The second kappa shape index (κ2) is 7.92. The summed E-state index contributed by atoms with van der Waals surface area (Å²) in [6.45, 7) is 1.95. The highest BCUT2D eigenvalue weighted by Crippen LogP contribution is 2.20. The number of fused-ring (bicyclic) bond motifs is 1. The molecule has 2 aromatic heterocycles. The van der Waals surface area contributed by atoms with Crippen LogP contribution in [0.5, 0.6) is 0 Å². The summed E-state index contributed by atoms with van der Waals surface area (Å²) in [4.78, 5) is 28.9. The Bertz CT molecular complexity index is 1250. The number of hydrogen-bond acceptors (Lipinski definition) is 5. The van der Waals surface area contributed by atoms with Gasteiger partial charge in [-0.25, -0.2) is 14.3 Å². The lowest BCUT2D eigenvalue weighted by atomic mass is 10.2. The highest BCUT2D eigenvalue weighted by atomic mass is 16.2. The van der Waals surface area contributed by atoms with Gasteiger partial charge in [-0.3, -0.25) is 4.79 Å². The van der Waals surface area contributed by atoms with Crippen molar-refractivity contribution < 1.29 is 9.59 Å². The highest BCUT2D eigenvalue weighted by Gasteiger charge is 2.15. The van der Waals surface area contributed by atoms with Gasteiger partial charge in [-0.1, -0.05) is 18.2 Å². The molecule has 2 heterocycles. The zero-order valence-electron chi connectivity index (χ0n) is 16.1. The van der Waals surface area contributed by atoms with Gasteiger partial charge < -0.3 is 21.7 Å². The first kappa shape index (κ1) is 18.9. The third-order valence-electron chi connectivity index (χ3n) is 4.38. The Labute approximate surface area is 171 Å². The molecule has 0 fully saturated rings. The minimum absolute atomic E-state index is 0.211. The van der Waals surface area contributed by atoms with Crippen molar-refractivity contribution in [3.05, 3.63) is 78.2 Å². The summed E-state index contributed by atoms with van der Waals surface area (Å²) in [7, 11) is 0. The van der Waals surface area contributed by atoms with Gasteiger partial charge >= 0.3 is 6.03 Å². The molecule has 0 spiro atoms. The minimum Gasteiger partial charge on any atom is -0.382 e. The molecule has 0 bridgehead atoms. The van der Waals surface area contributed by atoms with E-state index in [-0.39, 0.29) is 17.8 Å². The summed E-state index contributed by atoms with van der Waals surface area (Å²) >= 11 is 0. The number of benzene rings is 2. The van der Waals surface area contributed by atoms with Crippen molar-refractivity contribution in [1.82, 2.24) is 14.6 Å². The maximum absolute atomic E-state index is 12.7. The van der Waals surface area contributed by atoms with E-state index in [9.17, 15) is 9.59 Å². The van der Waals surface area contributed by atoms with Gasteiger partial charge in [0, 0.05) is 23.3 Å². The van der Waals surface area contributed by atoms with E-state index in [4.69, 9.17) is 5.73 Å². The molecule has 0 aliphatic rings. The molecule has 0 radical (unpaired) electrons. The Balaban J connectivity index is 1.46. The van der Waals surface area contributed by atoms with Crippen molar-refractivity contribution in [1.29, 1.82) is 0 Å². The van der Waals surface area contributed by atoms with E-state index in [0.29, 0.717) is 28.1 Å². The Morgan fingerprint density at radius 3 is 2.33 bits per heavy atom. The summed E-state index contributed by atoms with van der Waals surface area (Å²) in [6, 6.07) is 15.6. The number of aryl methyl sites for hydroxylation is 1. The molecule has 4 aromatic rings. The zero-order valence-corrected chi connectivity index (χ0v) is 16.1. The predicted molar refractivity (Wildman–Crippen MR) is 116 cm³/mol. The number of aromatic nitrogens is 3. The van der Waals surface area contributed by atoms with Gasteiger partial charge in [-0.15, -0.1) is 0 Å². The number of rotatable bonds is 4. The molecule has 0 atom stereocenters. The second-order valence-corrected chi connectivity index (χ2v) is 6.65. The van der Waals surface area contributed by atoms with Gasteiger partial charge in [0.25, 0.3) is 5.91 Å². The maximum atomic E-state index is 12.7. The number of nitrogens with zero attached hydrogens (tertiary/aromatic N) is 3. The largest absolute Gasteiger partial charge is 0.382 e. The third kappa shape index (κ3) is 4.04. The van der Waals surface area contributed by atoms with Crippen LogP contribution in [0.15, 0.2) is 67.1 Å². The maximum Gasteiger partial charge on any atom is 0.323 e. The Hall–Kier alpha value is -4.40. The van der Waals surface area contributed by atoms with Crippen LogP contribution >= 0.6 is 0 Å². The van der Waals surface area contributed by atoms with Gasteiger partial charge in [0.15, 0.2) is 5.82 Å². The lowest BCUT2D eigenvalue weighted by Gasteiger charge is -2.10. The average Bonchev–Trinajstić information content (AvgIpc) is 3.14. The summed E-state index contributed by atoms with van der Waals surface area (Å²) in [6.07, 6.45) is 2.96. The first-order valence-corrected chi connectivity index (χ1v) is 9.13. The predicted octanol–water partition coefficient (Wildman–Crippen LogP) is 3.52. The van der Waals surface area contributed by atoms with Crippen molar-refractivity contribution in [2.75, 3.05) is 21.7 Å². The molecule has 150 valence electrons. The number of urea groups is 1. The lowest BCUT2D eigenvalue weighted by Crippen LogP contribution is -2.19. The number of nitrogens with one attached hydrogen (secondary N) is 3. The number of anilines is 4. The van der Waals surface area contributed by atoms with Crippen molar-refractivity contribution in [2.24, 2.45) is 0 Å². The van der Waals surface area contributed by atoms with Gasteiger partial charge in [0.05, 0.1) is 5.56 Å². The van der Waals surface area contributed by atoms with Crippen LogP contribution in [-0.2, 0) is 0 Å². The van der Waals surface area contributed by atoms with Gasteiger partial charge in [-0.2, -0.15) is 5.10 Å². The summed E-state index contributed by atoms with van der Waals surface area (Å²) in [5.41, 5.74) is 9.44. The van der Waals surface area contributed by atoms with E-state index in [1.165, 1.54) is 10.8 Å². The van der Waals surface area contributed by atoms with Crippen LogP contribution in [0.1, 0.15) is 15.9 Å². The van der Waals surface area contributed by atoms with Gasteiger partial charge in [-0.05, 0) is 48.9 Å². The fraction of sp³-hybridized carbons (Fsp3) is 0.0476. The summed E-state index contributed by atoms with van der Waals surface area (Å²) in [5, 5.41) is 12.4. The molecule has 0 aliphatic carbocycles. The molecule has 0 unspecified atom stereocenters.